The van der Waals surface area contributed by atoms with Crippen molar-refractivity contribution in [3.8, 4) is 0 Å². The summed E-state index contributed by atoms with van der Waals surface area (Å²) in [5.74, 6) is 1.02. The molecule has 0 radical (unpaired) electrons. The highest BCUT2D eigenvalue weighted by Crippen LogP contribution is 2.34. The van der Waals surface area contributed by atoms with Crippen LogP contribution in [0.3, 0.4) is 0 Å². The van der Waals surface area contributed by atoms with Gasteiger partial charge in [0.05, 0.1) is 17.9 Å². The van der Waals surface area contributed by atoms with E-state index >= 15 is 0 Å². The molecule has 1 aliphatic rings. The Labute approximate surface area is 215 Å². The van der Waals surface area contributed by atoms with Gasteiger partial charge in [0, 0.05) is 38.6 Å². The van der Waals surface area contributed by atoms with Crippen molar-refractivity contribution in [2.75, 3.05) is 61.6 Å². The van der Waals surface area contributed by atoms with E-state index in [9.17, 15) is 4.79 Å². The van der Waals surface area contributed by atoms with E-state index in [1.165, 1.54) is 0 Å². The Bertz CT molecular complexity index is 913. The van der Waals surface area contributed by atoms with Gasteiger partial charge in [-0.3, -0.25) is 4.90 Å². The first kappa shape index (κ1) is 33.7. The Morgan fingerprint density at radius 1 is 1.06 bits per heavy atom. The first-order valence-electron chi connectivity index (χ1n) is 9.67. The Morgan fingerprint density at radius 2 is 1.68 bits per heavy atom. The molecular formula is C19H31Cl3N8O4. The van der Waals surface area contributed by atoms with Crippen LogP contribution in [0.5, 0.6) is 0 Å². The van der Waals surface area contributed by atoms with Crippen molar-refractivity contribution >= 4 is 71.3 Å². The molecule has 0 aliphatic carbocycles. The molecule has 0 bridgehead atoms. The lowest BCUT2D eigenvalue weighted by molar-refractivity contribution is 0.0526. The number of carbonyl (C=O) groups is 1. The minimum Gasteiger partial charge on any atom is -0.462 e. The summed E-state index contributed by atoms with van der Waals surface area (Å²) >= 11 is 5.84. The number of halogens is 3. The molecule has 1 fully saturated rings. The number of ether oxygens (including phenoxy) is 1. The topological polar surface area (TPSA) is 198 Å². The number of azo groups is 1. The number of piperazine rings is 1. The third-order valence-corrected chi connectivity index (χ3v) is 4.80. The van der Waals surface area contributed by atoms with E-state index in [0.717, 1.165) is 32.7 Å². The largest absolute Gasteiger partial charge is 0.462 e. The number of hydrogen-bond acceptors (Lipinski definition) is 10. The Balaban J connectivity index is 0. The van der Waals surface area contributed by atoms with Gasteiger partial charge in [-0.05, 0) is 31.2 Å². The van der Waals surface area contributed by atoms with Gasteiger partial charge in [0.1, 0.15) is 0 Å². The predicted octanol–water partition coefficient (Wildman–Crippen LogP) is 1.79. The number of anilines is 3. The van der Waals surface area contributed by atoms with Crippen LogP contribution in [0, 0.1) is 0 Å². The Hall–Kier alpha value is -2.48. The normalized spacial score (nSPS) is 13.2. The standard InChI is InChI=1S/C19H25ClN8O2.2ClH.2H2O/c1-2-30-18(29)13-3-5-14(6-4-13)25-26-15-16(21)23-19(22)24-17(15)28-11-9-27(8-7-20)10-12-28;;;;/h3-6H,2,7-12H2,1H3,(H4,21,22,23,24);2*1H;2*1H2. The van der Waals surface area contributed by atoms with E-state index in [1.807, 2.05) is 0 Å². The van der Waals surface area contributed by atoms with E-state index in [-0.39, 0.29) is 53.5 Å². The molecule has 2 aromatic rings. The first-order valence-corrected chi connectivity index (χ1v) is 10.2. The fraction of sp³-hybridized carbons (Fsp3) is 0.421. The van der Waals surface area contributed by atoms with Crippen molar-refractivity contribution in [3.05, 3.63) is 29.8 Å². The molecule has 3 rings (SSSR count). The lowest BCUT2D eigenvalue weighted by atomic mass is 10.2. The van der Waals surface area contributed by atoms with E-state index in [1.54, 1.807) is 31.2 Å². The SMILES string of the molecule is CCOC(=O)c1ccc(N=Nc2c(N)nc(N)nc2N2CCN(CCCl)CC2)cc1.Cl.Cl.O.O. The molecule has 1 aromatic carbocycles. The molecule has 1 aliphatic heterocycles. The molecular weight excluding hydrogens is 511 g/mol. The van der Waals surface area contributed by atoms with Gasteiger partial charge in [0.15, 0.2) is 17.3 Å². The quantitative estimate of drug-likeness (QED) is 0.300. The molecule has 0 unspecified atom stereocenters. The summed E-state index contributed by atoms with van der Waals surface area (Å²) in [6.07, 6.45) is 0. The van der Waals surface area contributed by atoms with Gasteiger partial charge in [-0.2, -0.15) is 15.1 Å². The summed E-state index contributed by atoms with van der Waals surface area (Å²) in [5, 5.41) is 8.52. The monoisotopic (exact) mass is 540 g/mol. The maximum absolute atomic E-state index is 11.8. The number of carbonyl (C=O) groups excluding carboxylic acids is 1. The second-order valence-electron chi connectivity index (χ2n) is 6.62. The molecule has 1 aromatic heterocycles. The zero-order chi connectivity index (χ0) is 21.5. The number of nitrogen functional groups attached to an aromatic ring is 2. The van der Waals surface area contributed by atoms with Crippen molar-refractivity contribution in [2.45, 2.75) is 6.92 Å². The highest BCUT2D eigenvalue weighted by Gasteiger charge is 2.22. The van der Waals surface area contributed by atoms with Crippen LogP contribution in [0.2, 0.25) is 0 Å². The van der Waals surface area contributed by atoms with E-state index in [2.05, 4.69) is 30.0 Å². The van der Waals surface area contributed by atoms with Crippen LogP contribution in [-0.4, -0.2) is 77.0 Å². The van der Waals surface area contributed by atoms with Crippen molar-refractivity contribution in [2.24, 2.45) is 10.2 Å². The smallest absolute Gasteiger partial charge is 0.338 e. The van der Waals surface area contributed by atoms with Gasteiger partial charge in [0.2, 0.25) is 5.95 Å². The summed E-state index contributed by atoms with van der Waals surface area (Å²) < 4.78 is 4.98. The number of nitrogens with zero attached hydrogens (tertiary/aromatic N) is 6. The van der Waals surface area contributed by atoms with Crippen LogP contribution in [-0.2, 0) is 4.74 Å². The van der Waals surface area contributed by atoms with Crippen molar-refractivity contribution < 1.29 is 20.5 Å². The second-order valence-corrected chi connectivity index (χ2v) is 7.00. The zero-order valence-corrected chi connectivity index (χ0v) is 21.0. The number of benzene rings is 1. The maximum atomic E-state index is 11.8. The van der Waals surface area contributed by atoms with Crippen LogP contribution in [0.15, 0.2) is 34.5 Å². The molecule has 0 spiro atoms. The van der Waals surface area contributed by atoms with E-state index in [0.29, 0.717) is 35.2 Å². The van der Waals surface area contributed by atoms with Crippen LogP contribution in [0.25, 0.3) is 0 Å². The number of alkyl halides is 1. The highest BCUT2D eigenvalue weighted by atomic mass is 35.5. The third-order valence-electron chi connectivity index (χ3n) is 4.63. The summed E-state index contributed by atoms with van der Waals surface area (Å²) in [6.45, 7) is 6.10. The fourth-order valence-electron chi connectivity index (χ4n) is 3.08. The molecule has 34 heavy (non-hydrogen) atoms. The van der Waals surface area contributed by atoms with Crippen LogP contribution in [0.1, 0.15) is 17.3 Å². The van der Waals surface area contributed by atoms with Gasteiger partial charge in [-0.1, -0.05) is 0 Å². The van der Waals surface area contributed by atoms with Gasteiger partial charge in [-0.15, -0.1) is 41.5 Å². The molecule has 0 amide bonds. The van der Waals surface area contributed by atoms with Crippen LogP contribution >= 0.6 is 36.4 Å². The molecule has 12 nitrogen and oxygen atoms in total. The van der Waals surface area contributed by atoms with Gasteiger partial charge in [0.25, 0.3) is 0 Å². The number of esters is 1. The van der Waals surface area contributed by atoms with Crippen molar-refractivity contribution in [3.63, 3.8) is 0 Å². The number of hydrogen-bond donors (Lipinski definition) is 2. The number of aromatic nitrogens is 2. The first-order chi connectivity index (χ1) is 14.5. The third kappa shape index (κ3) is 8.70. The summed E-state index contributed by atoms with van der Waals surface area (Å²) in [7, 11) is 0. The average molecular weight is 542 g/mol. The molecule has 1 saturated heterocycles. The van der Waals surface area contributed by atoms with Gasteiger partial charge < -0.3 is 32.1 Å². The molecule has 2 heterocycles. The van der Waals surface area contributed by atoms with E-state index < -0.39 is 0 Å². The van der Waals surface area contributed by atoms with E-state index in [4.69, 9.17) is 27.8 Å². The van der Waals surface area contributed by atoms with Crippen LogP contribution in [0.4, 0.5) is 29.0 Å². The number of rotatable bonds is 7. The minimum absolute atomic E-state index is 0. The lowest BCUT2D eigenvalue weighted by Gasteiger charge is -2.35. The fourth-order valence-corrected chi connectivity index (χ4v) is 3.32. The summed E-state index contributed by atoms with van der Waals surface area (Å²) in [5.41, 5.74) is 13.2. The average Bonchev–Trinajstić information content (AvgIpc) is 2.74. The Morgan fingerprint density at radius 3 is 2.24 bits per heavy atom. The van der Waals surface area contributed by atoms with Gasteiger partial charge in [-0.25, -0.2) is 4.79 Å². The number of nitrogens with two attached hydrogens (primary N) is 2. The highest BCUT2D eigenvalue weighted by molar-refractivity contribution is 6.18. The molecule has 8 N–H and O–H groups in total. The summed E-state index contributed by atoms with van der Waals surface area (Å²) in [6, 6.07) is 6.61. The van der Waals surface area contributed by atoms with Gasteiger partial charge >= 0.3 is 5.97 Å². The second kappa shape index (κ2) is 16.2. The van der Waals surface area contributed by atoms with Crippen LogP contribution < -0.4 is 16.4 Å². The molecule has 15 heteroatoms. The minimum atomic E-state index is -0.382. The maximum Gasteiger partial charge on any atom is 0.338 e. The van der Waals surface area contributed by atoms with Crippen molar-refractivity contribution in [1.82, 2.24) is 14.9 Å². The molecule has 192 valence electrons. The molecule has 0 atom stereocenters. The molecule has 0 saturated carbocycles. The lowest BCUT2D eigenvalue weighted by Crippen LogP contribution is -2.47. The Kier molecular flexibility index (Phi) is 16.1. The van der Waals surface area contributed by atoms with Crippen molar-refractivity contribution in [1.29, 1.82) is 0 Å². The zero-order valence-electron chi connectivity index (χ0n) is 18.6. The summed E-state index contributed by atoms with van der Waals surface area (Å²) in [4.78, 5) is 24.5. The predicted molar refractivity (Wildman–Crippen MR) is 139 cm³/mol.